The van der Waals surface area contributed by atoms with Gasteiger partial charge in [0.2, 0.25) is 0 Å². The Balaban J connectivity index is 2.81. The van der Waals surface area contributed by atoms with Crippen molar-refractivity contribution in [3.05, 3.63) is 28.8 Å². The summed E-state index contributed by atoms with van der Waals surface area (Å²) in [5.74, 6) is 0.0257. The number of hydrogen-bond acceptors (Lipinski definition) is 3. The van der Waals surface area contributed by atoms with Gasteiger partial charge in [-0.2, -0.15) is 0 Å². The highest BCUT2D eigenvalue weighted by atomic mass is 35.5. The van der Waals surface area contributed by atoms with Gasteiger partial charge in [0, 0.05) is 18.8 Å². The first kappa shape index (κ1) is 17.8. The molecule has 5 heteroatoms. The molecule has 0 atom stereocenters. The van der Waals surface area contributed by atoms with Gasteiger partial charge in [-0.3, -0.25) is 5.41 Å². The van der Waals surface area contributed by atoms with Crippen LogP contribution in [0.2, 0.25) is 5.02 Å². The summed E-state index contributed by atoms with van der Waals surface area (Å²) in [5.41, 5.74) is 7.29. The molecule has 1 rings (SSSR count). The Morgan fingerprint density at radius 1 is 1.14 bits per heavy atom. The first-order valence-corrected chi connectivity index (χ1v) is 8.03. The van der Waals surface area contributed by atoms with Crippen LogP contribution >= 0.6 is 11.6 Å². The molecule has 3 N–H and O–H groups in total. The van der Waals surface area contributed by atoms with Crippen LogP contribution in [0, 0.1) is 5.41 Å². The smallest absolute Gasteiger partial charge is 0.126 e. The average molecular weight is 311 g/mol. The SMILES string of the molecule is CCN(CC)CCCN(CC)c1cccc(Cl)c1C(=N)N. The molecule has 0 aliphatic rings. The Hall–Kier alpha value is -1.26. The summed E-state index contributed by atoms with van der Waals surface area (Å²) < 4.78 is 0. The van der Waals surface area contributed by atoms with Gasteiger partial charge in [-0.1, -0.05) is 31.5 Å². The number of benzene rings is 1. The van der Waals surface area contributed by atoms with Crippen molar-refractivity contribution in [2.24, 2.45) is 5.73 Å². The molecule has 21 heavy (non-hydrogen) atoms. The van der Waals surface area contributed by atoms with Crippen LogP contribution < -0.4 is 10.6 Å². The van der Waals surface area contributed by atoms with Crippen LogP contribution in [0.15, 0.2) is 18.2 Å². The van der Waals surface area contributed by atoms with Crippen LogP contribution in [0.25, 0.3) is 0 Å². The fourth-order valence-electron chi connectivity index (χ4n) is 2.52. The number of halogens is 1. The molecule has 4 nitrogen and oxygen atoms in total. The zero-order valence-electron chi connectivity index (χ0n) is 13.3. The predicted molar refractivity (Wildman–Crippen MR) is 92.8 cm³/mol. The molecule has 0 saturated carbocycles. The van der Waals surface area contributed by atoms with Crippen molar-refractivity contribution in [2.75, 3.05) is 37.6 Å². The number of anilines is 1. The monoisotopic (exact) mass is 310 g/mol. The third-order valence-electron chi connectivity index (χ3n) is 3.78. The van der Waals surface area contributed by atoms with Crippen molar-refractivity contribution in [1.29, 1.82) is 5.41 Å². The van der Waals surface area contributed by atoms with E-state index in [0.29, 0.717) is 10.6 Å². The zero-order chi connectivity index (χ0) is 15.8. The quantitative estimate of drug-likeness (QED) is 0.544. The first-order chi connectivity index (χ1) is 10.0. The van der Waals surface area contributed by atoms with Gasteiger partial charge in [0.25, 0.3) is 0 Å². The van der Waals surface area contributed by atoms with Crippen molar-refractivity contribution in [2.45, 2.75) is 27.2 Å². The highest BCUT2D eigenvalue weighted by molar-refractivity contribution is 6.34. The maximum absolute atomic E-state index is 7.75. The van der Waals surface area contributed by atoms with E-state index >= 15 is 0 Å². The second-order valence-corrected chi connectivity index (χ2v) is 5.41. The molecule has 0 heterocycles. The molecule has 118 valence electrons. The number of amidine groups is 1. The third kappa shape index (κ3) is 4.90. The molecule has 0 spiro atoms. The lowest BCUT2D eigenvalue weighted by atomic mass is 10.1. The first-order valence-electron chi connectivity index (χ1n) is 7.65. The van der Waals surface area contributed by atoms with Gasteiger partial charge in [-0.05, 0) is 45.1 Å². The van der Waals surface area contributed by atoms with E-state index in [9.17, 15) is 0 Å². The van der Waals surface area contributed by atoms with E-state index < -0.39 is 0 Å². The van der Waals surface area contributed by atoms with Crippen LogP contribution in [0.1, 0.15) is 32.8 Å². The molecular formula is C16H27ClN4. The van der Waals surface area contributed by atoms with Gasteiger partial charge in [0.15, 0.2) is 0 Å². The Morgan fingerprint density at radius 2 is 1.81 bits per heavy atom. The van der Waals surface area contributed by atoms with Gasteiger partial charge in [-0.25, -0.2) is 0 Å². The zero-order valence-corrected chi connectivity index (χ0v) is 14.1. The minimum atomic E-state index is 0.0257. The molecule has 1 aromatic carbocycles. The Kier molecular flexibility index (Phi) is 7.54. The number of nitrogen functional groups attached to an aromatic ring is 1. The normalized spacial score (nSPS) is 10.9. The Labute approximate surface area is 133 Å². The molecule has 1 aromatic rings. The van der Waals surface area contributed by atoms with Gasteiger partial charge >= 0.3 is 0 Å². The predicted octanol–water partition coefficient (Wildman–Crippen LogP) is 3.18. The van der Waals surface area contributed by atoms with E-state index in [2.05, 4.69) is 30.6 Å². The van der Waals surface area contributed by atoms with E-state index in [1.165, 1.54) is 0 Å². The standard InChI is InChI=1S/C16H27ClN4/c1-4-20(5-2)11-8-12-21(6-3)14-10-7-9-13(17)15(14)16(18)19/h7,9-10H,4-6,8,11-12H2,1-3H3,(H3,18,19). The van der Waals surface area contributed by atoms with E-state index in [1.807, 2.05) is 12.1 Å². The lowest BCUT2D eigenvalue weighted by Crippen LogP contribution is -2.31. The van der Waals surface area contributed by atoms with Gasteiger partial charge < -0.3 is 15.5 Å². The molecule has 0 radical (unpaired) electrons. The summed E-state index contributed by atoms with van der Waals surface area (Å²) >= 11 is 6.20. The average Bonchev–Trinajstić information content (AvgIpc) is 2.47. The lowest BCUT2D eigenvalue weighted by molar-refractivity contribution is 0.301. The third-order valence-corrected chi connectivity index (χ3v) is 4.10. The second kappa shape index (κ2) is 8.90. The van der Waals surface area contributed by atoms with Crippen LogP contribution in [0.4, 0.5) is 5.69 Å². The highest BCUT2D eigenvalue weighted by Crippen LogP contribution is 2.27. The molecule has 0 aliphatic heterocycles. The van der Waals surface area contributed by atoms with Gasteiger partial charge in [-0.15, -0.1) is 0 Å². The topological polar surface area (TPSA) is 56.4 Å². The largest absolute Gasteiger partial charge is 0.384 e. The summed E-state index contributed by atoms with van der Waals surface area (Å²) in [5, 5.41) is 8.29. The van der Waals surface area contributed by atoms with Gasteiger partial charge in [0.1, 0.15) is 5.84 Å². The maximum atomic E-state index is 7.75. The molecule has 0 unspecified atom stereocenters. The number of rotatable bonds is 9. The second-order valence-electron chi connectivity index (χ2n) is 5.01. The van der Waals surface area contributed by atoms with E-state index in [-0.39, 0.29) is 5.84 Å². The van der Waals surface area contributed by atoms with Crippen molar-refractivity contribution < 1.29 is 0 Å². The molecule has 0 bridgehead atoms. The molecular weight excluding hydrogens is 284 g/mol. The van der Waals surface area contributed by atoms with Crippen LogP contribution in [0.5, 0.6) is 0 Å². The van der Waals surface area contributed by atoms with Crippen molar-refractivity contribution in [3.8, 4) is 0 Å². The fraction of sp³-hybridized carbons (Fsp3) is 0.562. The van der Waals surface area contributed by atoms with Crippen LogP contribution in [-0.2, 0) is 0 Å². The maximum Gasteiger partial charge on any atom is 0.126 e. The Morgan fingerprint density at radius 3 is 2.33 bits per heavy atom. The minimum Gasteiger partial charge on any atom is -0.384 e. The molecule has 0 aliphatic carbocycles. The highest BCUT2D eigenvalue weighted by Gasteiger charge is 2.15. The molecule has 0 aromatic heterocycles. The summed E-state index contributed by atoms with van der Waals surface area (Å²) in [7, 11) is 0. The number of nitrogens with two attached hydrogens (primary N) is 1. The lowest BCUT2D eigenvalue weighted by Gasteiger charge is -2.27. The number of nitrogens with zero attached hydrogens (tertiary/aromatic N) is 2. The van der Waals surface area contributed by atoms with E-state index in [0.717, 1.165) is 44.8 Å². The van der Waals surface area contributed by atoms with Crippen molar-refractivity contribution in [1.82, 2.24) is 4.90 Å². The summed E-state index contributed by atoms with van der Waals surface area (Å²) in [4.78, 5) is 4.66. The summed E-state index contributed by atoms with van der Waals surface area (Å²) in [6, 6.07) is 5.69. The van der Waals surface area contributed by atoms with Gasteiger partial charge in [0.05, 0.1) is 10.6 Å². The van der Waals surface area contributed by atoms with Crippen LogP contribution in [0.3, 0.4) is 0 Å². The molecule has 0 amide bonds. The summed E-state index contributed by atoms with van der Waals surface area (Å²) in [6.07, 6.45) is 1.08. The Bertz CT molecular complexity index is 458. The molecule has 0 fully saturated rings. The molecule has 0 saturated heterocycles. The fourth-order valence-corrected chi connectivity index (χ4v) is 2.79. The number of hydrogen-bond donors (Lipinski definition) is 2. The minimum absolute atomic E-state index is 0.0257. The van der Waals surface area contributed by atoms with E-state index in [1.54, 1.807) is 6.07 Å². The van der Waals surface area contributed by atoms with E-state index in [4.69, 9.17) is 22.7 Å². The summed E-state index contributed by atoms with van der Waals surface area (Å²) in [6.45, 7) is 11.5. The van der Waals surface area contributed by atoms with Crippen molar-refractivity contribution in [3.63, 3.8) is 0 Å². The van der Waals surface area contributed by atoms with Crippen molar-refractivity contribution >= 4 is 23.1 Å². The number of nitrogens with one attached hydrogen (secondary N) is 1. The van der Waals surface area contributed by atoms with Crippen LogP contribution in [-0.4, -0.2) is 43.5 Å².